The first-order chi connectivity index (χ1) is 10.1. The monoisotopic (exact) mass is 300 g/mol. The van der Waals surface area contributed by atoms with E-state index in [1.165, 1.54) is 5.56 Å². The number of halogens is 1. The van der Waals surface area contributed by atoms with Crippen LogP contribution in [0.4, 0.5) is 0 Å². The van der Waals surface area contributed by atoms with Crippen LogP contribution in [0.3, 0.4) is 0 Å². The highest BCUT2D eigenvalue weighted by molar-refractivity contribution is 6.30. The van der Waals surface area contributed by atoms with Crippen LogP contribution in [-0.4, -0.2) is 11.6 Å². The van der Waals surface area contributed by atoms with Gasteiger partial charge >= 0.3 is 0 Å². The number of nitrogens with one attached hydrogen (secondary N) is 1. The third-order valence-corrected chi connectivity index (χ3v) is 3.32. The molecule has 0 aliphatic carbocycles. The van der Waals surface area contributed by atoms with Gasteiger partial charge in [-0.1, -0.05) is 41.9 Å². The zero-order valence-corrected chi connectivity index (χ0v) is 12.6. The molecule has 2 rings (SSSR count). The number of carbonyl (C=O) groups excluding carboxylic acids is 1. The number of aryl methyl sites for hydroxylation is 1. The van der Waals surface area contributed by atoms with E-state index in [9.17, 15) is 4.79 Å². The molecule has 2 aromatic rings. The number of amides is 1. The Morgan fingerprint density at radius 2 is 1.76 bits per heavy atom. The lowest BCUT2D eigenvalue weighted by Gasteiger charge is -2.03. The van der Waals surface area contributed by atoms with Gasteiger partial charge in [-0.3, -0.25) is 4.79 Å². The maximum atomic E-state index is 11.9. The standard InChI is InChI=1S/C17H17ClN2O/c1-13(7-8-14-5-3-2-4-6-14)19-20-17(21)15-9-11-16(18)12-10-15/h2-6,9-12H,7-8H2,1H3,(H,20,21)/b19-13+. The minimum absolute atomic E-state index is 0.231. The van der Waals surface area contributed by atoms with Crippen molar-refractivity contribution in [1.82, 2.24) is 5.43 Å². The van der Waals surface area contributed by atoms with Crippen molar-refractivity contribution in [2.75, 3.05) is 0 Å². The number of benzene rings is 2. The molecule has 21 heavy (non-hydrogen) atoms. The molecule has 108 valence electrons. The molecule has 1 N–H and O–H groups in total. The average molecular weight is 301 g/mol. The molecule has 0 spiro atoms. The summed E-state index contributed by atoms with van der Waals surface area (Å²) in [5.41, 5.74) is 5.25. The number of hydrazone groups is 1. The summed E-state index contributed by atoms with van der Waals surface area (Å²) in [6, 6.07) is 16.9. The van der Waals surface area contributed by atoms with Crippen LogP contribution >= 0.6 is 11.6 Å². The van der Waals surface area contributed by atoms with Gasteiger partial charge in [0.05, 0.1) is 0 Å². The Morgan fingerprint density at radius 1 is 1.10 bits per heavy atom. The molecule has 0 atom stereocenters. The van der Waals surface area contributed by atoms with E-state index in [2.05, 4.69) is 22.7 Å². The Morgan fingerprint density at radius 3 is 2.43 bits per heavy atom. The fraction of sp³-hybridized carbons (Fsp3) is 0.176. The third-order valence-electron chi connectivity index (χ3n) is 3.07. The molecule has 1 amide bonds. The minimum Gasteiger partial charge on any atom is -0.267 e. The highest BCUT2D eigenvalue weighted by atomic mass is 35.5. The number of nitrogens with zero attached hydrogens (tertiary/aromatic N) is 1. The van der Waals surface area contributed by atoms with Crippen molar-refractivity contribution in [1.29, 1.82) is 0 Å². The van der Waals surface area contributed by atoms with E-state index in [1.807, 2.05) is 25.1 Å². The predicted molar refractivity (Wildman–Crippen MR) is 86.8 cm³/mol. The van der Waals surface area contributed by atoms with Gasteiger partial charge in [0.1, 0.15) is 0 Å². The summed E-state index contributed by atoms with van der Waals surface area (Å²) in [6.07, 6.45) is 1.72. The summed E-state index contributed by atoms with van der Waals surface area (Å²) in [5, 5.41) is 4.73. The van der Waals surface area contributed by atoms with E-state index < -0.39 is 0 Å². The van der Waals surface area contributed by atoms with Gasteiger partial charge in [0.25, 0.3) is 5.91 Å². The molecule has 0 radical (unpaired) electrons. The second-order valence-electron chi connectivity index (χ2n) is 4.78. The van der Waals surface area contributed by atoms with Crippen LogP contribution in [0.25, 0.3) is 0 Å². The van der Waals surface area contributed by atoms with Crippen LogP contribution in [-0.2, 0) is 6.42 Å². The summed E-state index contributed by atoms with van der Waals surface area (Å²) in [4.78, 5) is 11.9. The molecule has 4 heteroatoms. The molecule has 0 heterocycles. The zero-order chi connectivity index (χ0) is 15.1. The fourth-order valence-corrected chi connectivity index (χ4v) is 1.96. The van der Waals surface area contributed by atoms with Crippen molar-refractivity contribution in [3.05, 3.63) is 70.7 Å². The lowest BCUT2D eigenvalue weighted by molar-refractivity contribution is 0.0954. The Kier molecular flexibility index (Phi) is 5.52. The Hall–Kier alpha value is -2.13. The minimum atomic E-state index is -0.231. The predicted octanol–water partition coefficient (Wildman–Crippen LogP) is 4.08. The van der Waals surface area contributed by atoms with Crippen molar-refractivity contribution in [2.45, 2.75) is 19.8 Å². The first kappa shape index (κ1) is 15.3. The lowest BCUT2D eigenvalue weighted by Crippen LogP contribution is -2.19. The van der Waals surface area contributed by atoms with Gasteiger partial charge in [0, 0.05) is 16.3 Å². The fourth-order valence-electron chi connectivity index (χ4n) is 1.84. The Bertz CT molecular complexity index is 621. The van der Waals surface area contributed by atoms with Gasteiger partial charge in [0.15, 0.2) is 0 Å². The summed E-state index contributed by atoms with van der Waals surface area (Å²) in [6.45, 7) is 1.91. The molecule has 0 saturated carbocycles. The van der Waals surface area contributed by atoms with Crippen molar-refractivity contribution in [3.63, 3.8) is 0 Å². The molecule has 3 nitrogen and oxygen atoms in total. The first-order valence-electron chi connectivity index (χ1n) is 6.78. The van der Waals surface area contributed by atoms with Crippen molar-refractivity contribution in [2.24, 2.45) is 5.10 Å². The molecule has 0 aromatic heterocycles. The number of carbonyl (C=O) groups is 1. The second kappa shape index (κ2) is 7.60. The number of hydrogen-bond donors (Lipinski definition) is 1. The van der Waals surface area contributed by atoms with E-state index in [0.717, 1.165) is 18.6 Å². The Labute approximate surface area is 129 Å². The molecule has 2 aromatic carbocycles. The van der Waals surface area contributed by atoms with E-state index in [4.69, 9.17) is 11.6 Å². The maximum Gasteiger partial charge on any atom is 0.271 e. The molecule has 0 bridgehead atoms. The third kappa shape index (κ3) is 5.04. The number of rotatable bonds is 5. The van der Waals surface area contributed by atoms with Crippen LogP contribution < -0.4 is 5.43 Å². The molecular formula is C17H17ClN2O. The summed E-state index contributed by atoms with van der Waals surface area (Å²) in [7, 11) is 0. The van der Waals surface area contributed by atoms with Gasteiger partial charge in [-0.15, -0.1) is 0 Å². The molecule has 0 unspecified atom stereocenters. The van der Waals surface area contributed by atoms with Gasteiger partial charge in [-0.2, -0.15) is 5.10 Å². The van der Waals surface area contributed by atoms with Crippen molar-refractivity contribution < 1.29 is 4.79 Å². The van der Waals surface area contributed by atoms with Gasteiger partial charge in [0.2, 0.25) is 0 Å². The van der Waals surface area contributed by atoms with Crippen LogP contribution in [0, 0.1) is 0 Å². The smallest absolute Gasteiger partial charge is 0.267 e. The van der Waals surface area contributed by atoms with Crippen LogP contribution in [0.1, 0.15) is 29.3 Å². The highest BCUT2D eigenvalue weighted by Gasteiger charge is 2.04. The van der Waals surface area contributed by atoms with Crippen LogP contribution in [0.2, 0.25) is 5.02 Å². The topological polar surface area (TPSA) is 41.5 Å². The second-order valence-corrected chi connectivity index (χ2v) is 5.22. The molecular weight excluding hydrogens is 284 g/mol. The van der Waals surface area contributed by atoms with Gasteiger partial charge < -0.3 is 0 Å². The largest absolute Gasteiger partial charge is 0.271 e. The van der Waals surface area contributed by atoms with Crippen molar-refractivity contribution in [3.8, 4) is 0 Å². The maximum absolute atomic E-state index is 11.9. The summed E-state index contributed by atoms with van der Waals surface area (Å²) in [5.74, 6) is -0.231. The van der Waals surface area contributed by atoms with E-state index in [0.29, 0.717) is 10.6 Å². The molecule has 0 saturated heterocycles. The SMILES string of the molecule is C/C(CCc1ccccc1)=N\NC(=O)c1ccc(Cl)cc1. The van der Waals surface area contributed by atoms with E-state index in [1.54, 1.807) is 24.3 Å². The highest BCUT2D eigenvalue weighted by Crippen LogP contribution is 2.09. The zero-order valence-electron chi connectivity index (χ0n) is 11.8. The normalized spacial score (nSPS) is 11.2. The van der Waals surface area contributed by atoms with E-state index in [-0.39, 0.29) is 5.91 Å². The van der Waals surface area contributed by atoms with Gasteiger partial charge in [-0.05, 0) is 49.6 Å². The average Bonchev–Trinajstić information content (AvgIpc) is 2.52. The Balaban J connectivity index is 1.85. The molecule has 0 aliphatic rings. The lowest BCUT2D eigenvalue weighted by atomic mass is 10.1. The summed E-state index contributed by atoms with van der Waals surface area (Å²) < 4.78 is 0. The van der Waals surface area contributed by atoms with Crippen molar-refractivity contribution >= 4 is 23.2 Å². The van der Waals surface area contributed by atoms with Gasteiger partial charge in [-0.25, -0.2) is 5.43 Å². The first-order valence-corrected chi connectivity index (χ1v) is 7.16. The van der Waals surface area contributed by atoms with Crippen LogP contribution in [0.15, 0.2) is 59.7 Å². The summed E-state index contributed by atoms with van der Waals surface area (Å²) >= 11 is 5.78. The molecule has 0 aliphatic heterocycles. The van der Waals surface area contributed by atoms with E-state index >= 15 is 0 Å². The van der Waals surface area contributed by atoms with Crippen LogP contribution in [0.5, 0.6) is 0 Å². The molecule has 0 fully saturated rings. The quantitative estimate of drug-likeness (QED) is 0.656. The number of hydrogen-bond acceptors (Lipinski definition) is 2.